The lowest BCUT2D eigenvalue weighted by Crippen LogP contribution is -2.59. The summed E-state index contributed by atoms with van der Waals surface area (Å²) in [6, 6.07) is 7.69. The van der Waals surface area contributed by atoms with Gasteiger partial charge in [0.15, 0.2) is 0 Å². The Morgan fingerprint density at radius 3 is 2.57 bits per heavy atom. The van der Waals surface area contributed by atoms with Gasteiger partial charge in [-0.3, -0.25) is 9.59 Å². The number of amides is 2. The van der Waals surface area contributed by atoms with Crippen LogP contribution in [0.1, 0.15) is 26.2 Å². The van der Waals surface area contributed by atoms with Crippen LogP contribution < -0.4 is 10.6 Å². The Morgan fingerprint density at radius 1 is 1.30 bits per heavy atom. The summed E-state index contributed by atoms with van der Waals surface area (Å²) < 4.78 is 5.23. The summed E-state index contributed by atoms with van der Waals surface area (Å²) in [6.45, 7) is 3.05. The molecule has 1 aromatic carbocycles. The third-order valence-corrected chi connectivity index (χ3v) is 4.84. The van der Waals surface area contributed by atoms with E-state index < -0.39 is 11.6 Å². The molecule has 3 rings (SSSR count). The summed E-state index contributed by atoms with van der Waals surface area (Å²) in [6.07, 6.45) is 1.46. The van der Waals surface area contributed by atoms with Crippen LogP contribution in [-0.4, -0.2) is 48.6 Å². The predicted molar refractivity (Wildman–Crippen MR) is 88.3 cm³/mol. The minimum Gasteiger partial charge on any atom is -0.372 e. The highest BCUT2D eigenvalue weighted by molar-refractivity contribution is 6.06. The van der Waals surface area contributed by atoms with E-state index in [0.717, 1.165) is 11.4 Å². The van der Waals surface area contributed by atoms with Gasteiger partial charge in [-0.2, -0.15) is 0 Å². The van der Waals surface area contributed by atoms with Crippen molar-refractivity contribution in [2.24, 2.45) is 0 Å². The Hall–Kier alpha value is -2.08. The standard InChI is InChI=1S/C17H23N3O3/c1-3-14(23-2)15(21)20-10-8-17(9-11-20)16(22)18-12-6-4-5-7-13(12)19-17/h4-7,14,19H,3,8-11H2,1-2H3,(H,18,22)/t14-/m1/s1. The zero-order valence-corrected chi connectivity index (χ0v) is 13.6. The first-order chi connectivity index (χ1) is 11.1. The second kappa shape index (κ2) is 6.20. The maximum Gasteiger partial charge on any atom is 0.251 e. The monoisotopic (exact) mass is 317 g/mol. The number of rotatable bonds is 3. The van der Waals surface area contributed by atoms with E-state index in [2.05, 4.69) is 10.6 Å². The Balaban J connectivity index is 1.71. The SMILES string of the molecule is CC[C@@H](OC)C(=O)N1CCC2(CC1)Nc1ccccc1NC2=O. The zero-order valence-electron chi connectivity index (χ0n) is 13.6. The van der Waals surface area contributed by atoms with Crippen molar-refractivity contribution in [1.29, 1.82) is 0 Å². The number of carbonyl (C=O) groups is 2. The summed E-state index contributed by atoms with van der Waals surface area (Å²) in [5, 5.41) is 6.38. The van der Waals surface area contributed by atoms with Crippen molar-refractivity contribution < 1.29 is 14.3 Å². The lowest BCUT2D eigenvalue weighted by Gasteiger charge is -2.44. The van der Waals surface area contributed by atoms with Gasteiger partial charge in [0, 0.05) is 20.2 Å². The number of hydrogen-bond donors (Lipinski definition) is 2. The molecule has 1 spiro atoms. The van der Waals surface area contributed by atoms with E-state index in [1.54, 1.807) is 12.0 Å². The molecule has 0 saturated carbocycles. The van der Waals surface area contributed by atoms with E-state index >= 15 is 0 Å². The summed E-state index contributed by atoms with van der Waals surface area (Å²) in [4.78, 5) is 26.8. The van der Waals surface area contributed by atoms with E-state index in [0.29, 0.717) is 32.4 Å². The van der Waals surface area contributed by atoms with Gasteiger partial charge in [-0.15, -0.1) is 0 Å². The highest BCUT2D eigenvalue weighted by Gasteiger charge is 2.45. The number of benzene rings is 1. The molecule has 2 amide bonds. The van der Waals surface area contributed by atoms with Crippen LogP contribution in [-0.2, 0) is 14.3 Å². The molecule has 0 bridgehead atoms. The van der Waals surface area contributed by atoms with E-state index in [1.165, 1.54) is 0 Å². The second-order valence-corrected chi connectivity index (χ2v) is 6.16. The number of hydrogen-bond acceptors (Lipinski definition) is 4. The number of fused-ring (bicyclic) bond motifs is 1. The van der Waals surface area contributed by atoms with Crippen LogP contribution in [0.3, 0.4) is 0 Å². The van der Waals surface area contributed by atoms with Crippen molar-refractivity contribution in [2.45, 2.75) is 37.8 Å². The normalized spacial score (nSPS) is 20.4. The van der Waals surface area contributed by atoms with E-state index in [-0.39, 0.29) is 11.8 Å². The third-order valence-electron chi connectivity index (χ3n) is 4.84. The van der Waals surface area contributed by atoms with Crippen LogP contribution in [0.4, 0.5) is 11.4 Å². The van der Waals surface area contributed by atoms with Crippen molar-refractivity contribution in [1.82, 2.24) is 4.90 Å². The molecule has 1 aromatic rings. The van der Waals surface area contributed by atoms with Gasteiger partial charge < -0.3 is 20.3 Å². The molecule has 0 aliphatic carbocycles. The quantitative estimate of drug-likeness (QED) is 0.892. The molecule has 6 nitrogen and oxygen atoms in total. The Kier molecular flexibility index (Phi) is 4.26. The molecule has 2 aliphatic heterocycles. The number of para-hydroxylation sites is 2. The Labute approximate surface area is 136 Å². The van der Waals surface area contributed by atoms with Gasteiger partial charge in [-0.1, -0.05) is 19.1 Å². The van der Waals surface area contributed by atoms with Crippen LogP contribution in [0, 0.1) is 0 Å². The number of nitrogens with one attached hydrogen (secondary N) is 2. The van der Waals surface area contributed by atoms with Crippen molar-refractivity contribution in [2.75, 3.05) is 30.8 Å². The molecule has 1 atom stereocenters. The number of carbonyl (C=O) groups excluding carboxylic acids is 2. The van der Waals surface area contributed by atoms with Crippen molar-refractivity contribution >= 4 is 23.2 Å². The summed E-state index contributed by atoms with van der Waals surface area (Å²) in [7, 11) is 1.56. The fraction of sp³-hybridized carbons (Fsp3) is 0.529. The summed E-state index contributed by atoms with van der Waals surface area (Å²) >= 11 is 0. The lowest BCUT2D eigenvalue weighted by molar-refractivity contribution is -0.144. The van der Waals surface area contributed by atoms with E-state index in [9.17, 15) is 9.59 Å². The minimum atomic E-state index is -0.625. The first-order valence-corrected chi connectivity index (χ1v) is 8.10. The predicted octanol–water partition coefficient (Wildman–Crippen LogP) is 1.84. The maximum atomic E-state index is 12.6. The van der Waals surface area contributed by atoms with Gasteiger partial charge in [0.25, 0.3) is 5.91 Å². The first kappa shape index (κ1) is 15.8. The van der Waals surface area contributed by atoms with E-state index in [1.807, 2.05) is 31.2 Å². The highest BCUT2D eigenvalue weighted by Crippen LogP contribution is 2.36. The molecule has 23 heavy (non-hydrogen) atoms. The average molecular weight is 317 g/mol. The molecular weight excluding hydrogens is 294 g/mol. The molecule has 1 saturated heterocycles. The summed E-state index contributed by atoms with van der Waals surface area (Å²) in [5.74, 6) is 0.00329. The molecule has 0 unspecified atom stereocenters. The van der Waals surface area contributed by atoms with Crippen LogP contribution in [0.2, 0.25) is 0 Å². The molecule has 6 heteroatoms. The van der Waals surface area contributed by atoms with Crippen molar-refractivity contribution in [3.8, 4) is 0 Å². The number of ether oxygens (including phenoxy) is 1. The van der Waals surface area contributed by atoms with Gasteiger partial charge in [-0.05, 0) is 31.4 Å². The van der Waals surface area contributed by atoms with Crippen LogP contribution in [0.15, 0.2) is 24.3 Å². The minimum absolute atomic E-state index is 0.0120. The molecule has 2 N–H and O–H groups in total. The zero-order chi connectivity index (χ0) is 16.4. The fourth-order valence-electron chi connectivity index (χ4n) is 3.36. The van der Waals surface area contributed by atoms with Crippen LogP contribution >= 0.6 is 0 Å². The number of anilines is 2. The fourth-order valence-corrected chi connectivity index (χ4v) is 3.36. The van der Waals surface area contributed by atoms with E-state index in [4.69, 9.17) is 4.74 Å². The Bertz CT molecular complexity index is 605. The van der Waals surface area contributed by atoms with Gasteiger partial charge >= 0.3 is 0 Å². The number of methoxy groups -OCH3 is 1. The topological polar surface area (TPSA) is 70.7 Å². The lowest BCUT2D eigenvalue weighted by atomic mass is 9.84. The molecule has 0 radical (unpaired) electrons. The third kappa shape index (κ3) is 2.79. The molecule has 2 heterocycles. The first-order valence-electron chi connectivity index (χ1n) is 8.10. The number of piperidine rings is 1. The highest BCUT2D eigenvalue weighted by atomic mass is 16.5. The number of likely N-dealkylation sites (tertiary alicyclic amines) is 1. The average Bonchev–Trinajstić information content (AvgIpc) is 2.57. The molecule has 2 aliphatic rings. The number of nitrogens with zero attached hydrogens (tertiary/aromatic N) is 1. The smallest absolute Gasteiger partial charge is 0.251 e. The molecule has 124 valence electrons. The van der Waals surface area contributed by atoms with Crippen LogP contribution in [0.25, 0.3) is 0 Å². The van der Waals surface area contributed by atoms with Crippen molar-refractivity contribution in [3.63, 3.8) is 0 Å². The second-order valence-electron chi connectivity index (χ2n) is 6.16. The van der Waals surface area contributed by atoms with Gasteiger partial charge in [0.2, 0.25) is 5.91 Å². The van der Waals surface area contributed by atoms with Crippen molar-refractivity contribution in [3.05, 3.63) is 24.3 Å². The van der Waals surface area contributed by atoms with Crippen LogP contribution in [0.5, 0.6) is 0 Å². The molecule has 0 aromatic heterocycles. The maximum absolute atomic E-state index is 12.6. The summed E-state index contributed by atoms with van der Waals surface area (Å²) in [5.41, 5.74) is 1.13. The van der Waals surface area contributed by atoms with Gasteiger partial charge in [0.05, 0.1) is 11.4 Å². The largest absolute Gasteiger partial charge is 0.372 e. The van der Waals surface area contributed by atoms with Gasteiger partial charge in [0.1, 0.15) is 11.6 Å². The van der Waals surface area contributed by atoms with Gasteiger partial charge in [-0.25, -0.2) is 0 Å². The molecular formula is C17H23N3O3. The Morgan fingerprint density at radius 2 is 1.96 bits per heavy atom. The molecule has 1 fully saturated rings.